The molecule has 1 rings (SSSR count). The lowest BCUT2D eigenvalue weighted by Crippen LogP contribution is -2.48. The molecule has 1 aromatic carbocycles. The van der Waals surface area contributed by atoms with E-state index in [-0.39, 0.29) is 5.69 Å². The van der Waals surface area contributed by atoms with Gasteiger partial charge in [-0.1, -0.05) is 0 Å². The first-order valence-corrected chi connectivity index (χ1v) is 5.09. The van der Waals surface area contributed by atoms with Crippen LogP contribution in [0, 0.1) is 15.9 Å². The number of hydrogen-bond donors (Lipinski definition) is 1. The third-order valence-electron chi connectivity index (χ3n) is 2.86. The Balaban J connectivity index is 3.33. The molecule has 0 aliphatic rings. The molecule has 7 heteroatoms. The Morgan fingerprint density at radius 2 is 2.06 bits per heavy atom. The third-order valence-corrected chi connectivity index (χ3v) is 2.86. The number of aliphatic carboxylic acids is 1. The predicted molar refractivity (Wildman–Crippen MR) is 63.2 cm³/mol. The molecule has 0 heterocycles. The van der Waals surface area contributed by atoms with Gasteiger partial charge >= 0.3 is 5.97 Å². The highest BCUT2D eigenvalue weighted by atomic mass is 19.1. The largest absolute Gasteiger partial charge is 0.480 e. The molecule has 0 spiro atoms. The quantitative estimate of drug-likeness (QED) is 0.658. The van der Waals surface area contributed by atoms with Gasteiger partial charge < -0.3 is 10.0 Å². The number of halogens is 1. The molecule has 0 aliphatic heterocycles. The van der Waals surface area contributed by atoms with Crippen LogP contribution in [-0.4, -0.2) is 28.6 Å². The van der Waals surface area contributed by atoms with E-state index >= 15 is 0 Å². The average molecular weight is 256 g/mol. The molecule has 1 aromatic rings. The second-order valence-corrected chi connectivity index (χ2v) is 4.31. The van der Waals surface area contributed by atoms with Gasteiger partial charge in [-0.2, -0.15) is 0 Å². The Morgan fingerprint density at radius 1 is 1.50 bits per heavy atom. The number of carboxylic acid groups (broad SMARTS) is 1. The number of likely N-dealkylation sites (N-methyl/N-ethyl adjacent to an activating group) is 1. The summed E-state index contributed by atoms with van der Waals surface area (Å²) in [6.07, 6.45) is 0. The monoisotopic (exact) mass is 256 g/mol. The first-order valence-electron chi connectivity index (χ1n) is 5.09. The summed E-state index contributed by atoms with van der Waals surface area (Å²) in [6, 6.07) is 3.01. The summed E-state index contributed by atoms with van der Waals surface area (Å²) < 4.78 is 13.0. The maximum Gasteiger partial charge on any atom is 0.328 e. The van der Waals surface area contributed by atoms with Crippen LogP contribution >= 0.6 is 0 Å². The summed E-state index contributed by atoms with van der Waals surface area (Å²) in [7, 11) is 1.41. The van der Waals surface area contributed by atoms with E-state index in [1.807, 2.05) is 0 Å². The fraction of sp³-hybridized carbons (Fsp3) is 0.364. The first-order chi connectivity index (χ1) is 8.17. The van der Waals surface area contributed by atoms with Gasteiger partial charge in [-0.05, 0) is 26.0 Å². The zero-order valence-electron chi connectivity index (χ0n) is 10.2. The summed E-state index contributed by atoms with van der Waals surface area (Å²) in [6.45, 7) is 2.81. The summed E-state index contributed by atoms with van der Waals surface area (Å²) in [5.41, 5.74) is -1.76. The number of rotatable bonds is 4. The van der Waals surface area contributed by atoms with Crippen molar-refractivity contribution in [2.24, 2.45) is 0 Å². The van der Waals surface area contributed by atoms with E-state index in [1.54, 1.807) is 0 Å². The van der Waals surface area contributed by atoms with Gasteiger partial charge in [0.05, 0.1) is 11.0 Å². The number of hydrogen-bond acceptors (Lipinski definition) is 4. The van der Waals surface area contributed by atoms with E-state index in [4.69, 9.17) is 5.11 Å². The van der Waals surface area contributed by atoms with Gasteiger partial charge in [0.25, 0.3) is 5.69 Å². The van der Waals surface area contributed by atoms with Crippen LogP contribution in [0.4, 0.5) is 15.8 Å². The minimum Gasteiger partial charge on any atom is -0.480 e. The normalized spacial score (nSPS) is 11.1. The van der Waals surface area contributed by atoms with Crippen molar-refractivity contribution >= 4 is 17.3 Å². The Kier molecular flexibility index (Phi) is 3.54. The van der Waals surface area contributed by atoms with Crippen LogP contribution in [0.15, 0.2) is 18.2 Å². The molecule has 0 aliphatic carbocycles. The molecule has 0 saturated heterocycles. The molecule has 1 N–H and O–H groups in total. The van der Waals surface area contributed by atoms with Gasteiger partial charge in [0.1, 0.15) is 17.0 Å². The van der Waals surface area contributed by atoms with E-state index < -0.39 is 27.9 Å². The third kappa shape index (κ3) is 2.39. The Bertz CT molecular complexity index is 502. The van der Waals surface area contributed by atoms with Gasteiger partial charge in [0, 0.05) is 7.05 Å². The van der Waals surface area contributed by atoms with E-state index in [1.165, 1.54) is 31.9 Å². The number of anilines is 1. The molecule has 0 aromatic heterocycles. The van der Waals surface area contributed by atoms with Gasteiger partial charge in [0.2, 0.25) is 0 Å². The lowest BCUT2D eigenvalue weighted by molar-refractivity contribution is -0.384. The standard InChI is InChI=1S/C11H13FN2O4/c1-11(2,10(15)16)13(3)8-5-4-7(12)6-9(8)14(17)18/h4-6H,1-3H3,(H,15,16). The summed E-state index contributed by atoms with van der Waals surface area (Å²) >= 11 is 0. The van der Waals surface area contributed by atoms with Crippen LogP contribution in [0.3, 0.4) is 0 Å². The topological polar surface area (TPSA) is 83.7 Å². The van der Waals surface area contributed by atoms with Crippen LogP contribution in [0.5, 0.6) is 0 Å². The van der Waals surface area contributed by atoms with Gasteiger partial charge in [-0.15, -0.1) is 0 Å². The highest BCUT2D eigenvalue weighted by Gasteiger charge is 2.35. The van der Waals surface area contributed by atoms with Gasteiger partial charge in [-0.25, -0.2) is 9.18 Å². The molecule has 6 nitrogen and oxygen atoms in total. The van der Waals surface area contributed by atoms with Crippen LogP contribution in [0.2, 0.25) is 0 Å². The lowest BCUT2D eigenvalue weighted by Gasteiger charge is -2.33. The number of nitrogens with zero attached hydrogens (tertiary/aromatic N) is 2. The minimum atomic E-state index is -1.34. The van der Waals surface area contributed by atoms with Crippen LogP contribution in [-0.2, 0) is 4.79 Å². The molecule has 0 bridgehead atoms. The van der Waals surface area contributed by atoms with Gasteiger partial charge in [-0.3, -0.25) is 10.1 Å². The van der Waals surface area contributed by atoms with Crippen LogP contribution in [0.1, 0.15) is 13.8 Å². The summed E-state index contributed by atoms with van der Waals surface area (Å²) in [4.78, 5) is 22.4. The Morgan fingerprint density at radius 3 is 2.50 bits per heavy atom. The molecule has 0 saturated carbocycles. The molecule has 0 fully saturated rings. The maximum atomic E-state index is 13.0. The number of nitro benzene ring substituents is 1. The fourth-order valence-electron chi connectivity index (χ4n) is 1.37. The van der Waals surface area contributed by atoms with Crippen molar-refractivity contribution in [3.05, 3.63) is 34.1 Å². The lowest BCUT2D eigenvalue weighted by atomic mass is 10.0. The second kappa shape index (κ2) is 4.59. The van der Waals surface area contributed by atoms with E-state index in [2.05, 4.69) is 0 Å². The Hall–Kier alpha value is -2.18. The summed E-state index contributed by atoms with van der Waals surface area (Å²) in [5.74, 6) is -1.88. The highest BCUT2D eigenvalue weighted by Crippen LogP contribution is 2.32. The molecular weight excluding hydrogens is 243 g/mol. The molecule has 0 atom stereocenters. The van der Waals surface area contributed by atoms with Crippen molar-refractivity contribution in [3.8, 4) is 0 Å². The van der Waals surface area contributed by atoms with E-state index in [0.717, 1.165) is 12.1 Å². The summed E-state index contributed by atoms with van der Waals surface area (Å²) in [5, 5.41) is 19.9. The number of nitro groups is 1. The molecule has 18 heavy (non-hydrogen) atoms. The number of carbonyl (C=O) groups is 1. The van der Waals surface area contributed by atoms with Crippen molar-refractivity contribution in [1.82, 2.24) is 0 Å². The van der Waals surface area contributed by atoms with Crippen LogP contribution in [0.25, 0.3) is 0 Å². The maximum absolute atomic E-state index is 13.0. The van der Waals surface area contributed by atoms with E-state index in [0.29, 0.717) is 0 Å². The molecule has 0 unspecified atom stereocenters. The number of carboxylic acids is 1. The van der Waals surface area contributed by atoms with Crippen molar-refractivity contribution in [1.29, 1.82) is 0 Å². The average Bonchev–Trinajstić information content (AvgIpc) is 2.27. The predicted octanol–water partition coefficient (Wildman–Crippen LogP) is 2.03. The molecule has 0 amide bonds. The molecule has 0 radical (unpaired) electrons. The van der Waals surface area contributed by atoms with Crippen molar-refractivity contribution in [2.45, 2.75) is 19.4 Å². The zero-order chi connectivity index (χ0) is 14.1. The van der Waals surface area contributed by atoms with Crippen molar-refractivity contribution in [3.63, 3.8) is 0 Å². The highest BCUT2D eigenvalue weighted by molar-refractivity contribution is 5.83. The van der Waals surface area contributed by atoms with Crippen molar-refractivity contribution < 1.29 is 19.2 Å². The minimum absolute atomic E-state index is 0.0498. The molecule has 98 valence electrons. The zero-order valence-corrected chi connectivity index (χ0v) is 10.2. The fourth-order valence-corrected chi connectivity index (χ4v) is 1.37. The van der Waals surface area contributed by atoms with Crippen molar-refractivity contribution in [2.75, 3.05) is 11.9 Å². The van der Waals surface area contributed by atoms with Gasteiger partial charge in [0.15, 0.2) is 0 Å². The number of benzene rings is 1. The molecular formula is C11H13FN2O4. The van der Waals surface area contributed by atoms with E-state index in [9.17, 15) is 19.3 Å². The second-order valence-electron chi connectivity index (χ2n) is 4.31. The Labute approximate surface area is 103 Å². The first kappa shape index (κ1) is 13.9. The van der Waals surface area contributed by atoms with Crippen LogP contribution < -0.4 is 4.90 Å². The SMILES string of the molecule is CN(c1ccc(F)cc1[N+](=O)[O-])C(C)(C)C(=O)O. The smallest absolute Gasteiger partial charge is 0.328 e.